The Balaban J connectivity index is 1.96. The normalized spacial score (nSPS) is 13.2. The highest BCUT2D eigenvalue weighted by atomic mass is 16.5. The fraction of sp³-hybridized carbons (Fsp3) is 0.294. The third-order valence-electron chi connectivity index (χ3n) is 3.71. The summed E-state index contributed by atoms with van der Waals surface area (Å²) in [7, 11) is 0. The molecule has 0 fully saturated rings. The van der Waals surface area contributed by atoms with Crippen molar-refractivity contribution >= 4 is 17.7 Å². The van der Waals surface area contributed by atoms with E-state index in [4.69, 9.17) is 10.5 Å². The lowest BCUT2D eigenvalue weighted by molar-refractivity contribution is -0.137. The maximum atomic E-state index is 12.0. The van der Waals surface area contributed by atoms with E-state index in [-0.39, 0.29) is 11.8 Å². The summed E-state index contributed by atoms with van der Waals surface area (Å²) >= 11 is 0. The van der Waals surface area contributed by atoms with Gasteiger partial charge in [-0.3, -0.25) is 4.79 Å². The highest BCUT2D eigenvalue weighted by molar-refractivity contribution is 6.03. The predicted octanol–water partition coefficient (Wildman–Crippen LogP) is 2.55. The fourth-order valence-corrected chi connectivity index (χ4v) is 1.95. The number of aromatic amines is 1. The first kappa shape index (κ1) is 16.8. The monoisotopic (exact) mass is 315 g/mol. The number of nitrogens with two attached hydrogens (primary N) is 1. The molecule has 0 aliphatic carbocycles. The molecule has 6 heteroatoms. The van der Waals surface area contributed by atoms with Crippen LogP contribution >= 0.6 is 0 Å². The molecule has 2 rings (SSSR count). The van der Waals surface area contributed by atoms with Crippen LogP contribution in [0.4, 0.5) is 5.82 Å². The van der Waals surface area contributed by atoms with Gasteiger partial charge in [0.25, 0.3) is 5.91 Å². The Kier molecular flexibility index (Phi) is 5.54. The summed E-state index contributed by atoms with van der Waals surface area (Å²) in [5.74, 6) is 0.313. The fourth-order valence-electron chi connectivity index (χ4n) is 1.95. The van der Waals surface area contributed by atoms with Gasteiger partial charge in [-0.25, -0.2) is 4.79 Å². The van der Waals surface area contributed by atoms with Gasteiger partial charge < -0.3 is 20.8 Å². The van der Waals surface area contributed by atoms with Crippen molar-refractivity contribution in [3.63, 3.8) is 0 Å². The third-order valence-corrected chi connectivity index (χ3v) is 3.71. The van der Waals surface area contributed by atoms with Crippen LogP contribution in [-0.2, 0) is 4.79 Å². The number of nitrogens with one attached hydrogen (secondary N) is 2. The smallest absolute Gasteiger partial charge is 0.328 e. The van der Waals surface area contributed by atoms with Crippen LogP contribution in [0.2, 0.25) is 0 Å². The van der Waals surface area contributed by atoms with Crippen molar-refractivity contribution in [2.45, 2.75) is 26.3 Å². The second-order valence-electron chi connectivity index (χ2n) is 5.39. The topological polar surface area (TPSA) is 97.2 Å². The molecule has 1 amide bonds. The lowest BCUT2D eigenvalue weighted by Gasteiger charge is -2.16. The van der Waals surface area contributed by atoms with E-state index in [1.807, 2.05) is 13.8 Å². The molecule has 1 aromatic heterocycles. The SMILES string of the molecule is CCC(C)C(N)C(=O)Oc1ccc(C(=O)Nc2ccc[nH]2)cc1. The maximum absolute atomic E-state index is 12.0. The number of carbonyl (C=O) groups is 2. The van der Waals surface area contributed by atoms with Gasteiger partial charge in [-0.2, -0.15) is 0 Å². The number of hydrogen-bond donors (Lipinski definition) is 3. The first-order chi connectivity index (χ1) is 11.0. The molecule has 0 radical (unpaired) electrons. The molecule has 0 spiro atoms. The van der Waals surface area contributed by atoms with E-state index >= 15 is 0 Å². The van der Waals surface area contributed by atoms with Gasteiger partial charge in [-0.1, -0.05) is 20.3 Å². The van der Waals surface area contributed by atoms with Gasteiger partial charge >= 0.3 is 5.97 Å². The van der Waals surface area contributed by atoms with Gasteiger partial charge in [0.05, 0.1) is 0 Å². The van der Waals surface area contributed by atoms with E-state index in [1.54, 1.807) is 42.6 Å². The molecule has 0 saturated carbocycles. The van der Waals surface area contributed by atoms with Crippen LogP contribution in [0.1, 0.15) is 30.6 Å². The molecule has 2 atom stereocenters. The summed E-state index contributed by atoms with van der Waals surface area (Å²) in [6.07, 6.45) is 2.52. The van der Waals surface area contributed by atoms with Crippen LogP contribution in [0.15, 0.2) is 42.6 Å². The zero-order valence-corrected chi connectivity index (χ0v) is 13.2. The van der Waals surface area contributed by atoms with E-state index in [0.717, 1.165) is 6.42 Å². The third kappa shape index (κ3) is 4.43. The minimum atomic E-state index is -0.657. The van der Waals surface area contributed by atoms with Crippen LogP contribution in [0, 0.1) is 5.92 Å². The minimum Gasteiger partial charge on any atom is -0.425 e. The quantitative estimate of drug-likeness (QED) is 0.563. The van der Waals surface area contributed by atoms with Crippen LogP contribution in [0.5, 0.6) is 5.75 Å². The van der Waals surface area contributed by atoms with E-state index in [9.17, 15) is 9.59 Å². The molecule has 23 heavy (non-hydrogen) atoms. The molecular formula is C17H21N3O3. The number of benzene rings is 1. The van der Waals surface area contributed by atoms with Crippen molar-refractivity contribution < 1.29 is 14.3 Å². The molecule has 0 bridgehead atoms. The van der Waals surface area contributed by atoms with Crippen molar-refractivity contribution in [1.29, 1.82) is 0 Å². The van der Waals surface area contributed by atoms with E-state index in [1.165, 1.54) is 0 Å². The van der Waals surface area contributed by atoms with E-state index in [0.29, 0.717) is 17.1 Å². The molecule has 2 unspecified atom stereocenters. The largest absolute Gasteiger partial charge is 0.425 e. The van der Waals surface area contributed by atoms with Gasteiger partial charge in [-0.15, -0.1) is 0 Å². The summed E-state index contributed by atoms with van der Waals surface area (Å²) in [5.41, 5.74) is 6.29. The van der Waals surface area contributed by atoms with Crippen LogP contribution in [-0.4, -0.2) is 22.9 Å². The highest BCUT2D eigenvalue weighted by Gasteiger charge is 2.21. The number of carbonyl (C=O) groups excluding carboxylic acids is 2. The molecule has 0 saturated heterocycles. The summed E-state index contributed by atoms with van der Waals surface area (Å²) in [5, 5.41) is 2.72. The summed E-state index contributed by atoms with van der Waals surface area (Å²) in [4.78, 5) is 26.8. The number of rotatable bonds is 6. The number of anilines is 1. The number of hydrogen-bond acceptors (Lipinski definition) is 4. The minimum absolute atomic E-state index is 0.0494. The molecule has 122 valence electrons. The van der Waals surface area contributed by atoms with Crippen molar-refractivity contribution in [2.75, 3.05) is 5.32 Å². The van der Waals surface area contributed by atoms with Crippen LogP contribution in [0.3, 0.4) is 0 Å². The number of aromatic nitrogens is 1. The molecule has 0 aliphatic heterocycles. The van der Waals surface area contributed by atoms with Gasteiger partial charge in [-0.05, 0) is 42.3 Å². The number of esters is 1. The molecule has 1 heterocycles. The van der Waals surface area contributed by atoms with Crippen molar-refractivity contribution in [3.8, 4) is 5.75 Å². The number of H-pyrrole nitrogens is 1. The molecular weight excluding hydrogens is 294 g/mol. The Morgan fingerprint density at radius 2 is 1.96 bits per heavy atom. The van der Waals surface area contributed by atoms with Gasteiger partial charge in [0, 0.05) is 11.8 Å². The molecule has 1 aromatic carbocycles. The average Bonchev–Trinajstić information content (AvgIpc) is 3.06. The Morgan fingerprint density at radius 1 is 1.26 bits per heavy atom. The lowest BCUT2D eigenvalue weighted by atomic mass is 10.0. The first-order valence-corrected chi connectivity index (χ1v) is 7.53. The number of ether oxygens (including phenoxy) is 1. The lowest BCUT2D eigenvalue weighted by Crippen LogP contribution is -2.39. The van der Waals surface area contributed by atoms with E-state index < -0.39 is 12.0 Å². The van der Waals surface area contributed by atoms with E-state index in [2.05, 4.69) is 10.3 Å². The van der Waals surface area contributed by atoms with Gasteiger partial charge in [0.15, 0.2) is 0 Å². The molecule has 4 N–H and O–H groups in total. The zero-order chi connectivity index (χ0) is 16.8. The summed E-state index contributed by atoms with van der Waals surface area (Å²) < 4.78 is 5.24. The van der Waals surface area contributed by atoms with Crippen molar-refractivity contribution in [1.82, 2.24) is 4.98 Å². The highest BCUT2D eigenvalue weighted by Crippen LogP contribution is 2.16. The predicted molar refractivity (Wildman–Crippen MR) is 88.3 cm³/mol. The van der Waals surface area contributed by atoms with Crippen LogP contribution < -0.4 is 15.8 Å². The second kappa shape index (κ2) is 7.60. The Hall–Kier alpha value is -2.60. The molecule has 6 nitrogen and oxygen atoms in total. The standard InChI is InChI=1S/C17H21N3O3/c1-3-11(2)15(18)17(22)23-13-8-6-12(7-9-13)16(21)20-14-5-4-10-19-14/h4-11,15,19H,3,18H2,1-2H3,(H,20,21). The Morgan fingerprint density at radius 3 is 2.52 bits per heavy atom. The van der Waals surface area contributed by atoms with Gasteiger partial charge in [0.2, 0.25) is 0 Å². The van der Waals surface area contributed by atoms with Crippen molar-refractivity contribution in [3.05, 3.63) is 48.2 Å². The van der Waals surface area contributed by atoms with Gasteiger partial charge in [0.1, 0.15) is 17.6 Å². The first-order valence-electron chi connectivity index (χ1n) is 7.53. The van der Waals surface area contributed by atoms with Crippen LogP contribution in [0.25, 0.3) is 0 Å². The molecule has 2 aromatic rings. The number of amides is 1. The Bertz CT molecular complexity index is 650. The summed E-state index contributed by atoms with van der Waals surface area (Å²) in [6.45, 7) is 3.87. The second-order valence-corrected chi connectivity index (χ2v) is 5.39. The average molecular weight is 315 g/mol. The van der Waals surface area contributed by atoms with Crippen molar-refractivity contribution in [2.24, 2.45) is 11.7 Å². The summed E-state index contributed by atoms with van der Waals surface area (Å²) in [6, 6.07) is 9.22. The maximum Gasteiger partial charge on any atom is 0.328 e. The Labute approximate surface area is 135 Å². The zero-order valence-electron chi connectivity index (χ0n) is 13.2. The molecule has 0 aliphatic rings.